The molecule has 2 rings (SSSR count). The molecule has 2 saturated heterocycles. The van der Waals surface area contributed by atoms with Crippen molar-refractivity contribution in [3.05, 3.63) is 0 Å². The van der Waals surface area contributed by atoms with Gasteiger partial charge in [0.05, 0.1) is 6.10 Å². The summed E-state index contributed by atoms with van der Waals surface area (Å²) in [5.41, 5.74) is 0. The molecule has 1 unspecified atom stereocenters. The molecule has 2 fully saturated rings. The van der Waals surface area contributed by atoms with Crippen molar-refractivity contribution >= 4 is 6.03 Å². The Kier molecular flexibility index (Phi) is 4.04. The van der Waals surface area contributed by atoms with E-state index in [0.29, 0.717) is 0 Å². The van der Waals surface area contributed by atoms with Gasteiger partial charge in [0.25, 0.3) is 0 Å². The maximum Gasteiger partial charge on any atom is 0.320 e. The number of hydrogen-bond acceptors (Lipinski definition) is 2. The molecule has 0 radical (unpaired) electrons. The van der Waals surface area contributed by atoms with Crippen LogP contribution < -0.4 is 0 Å². The van der Waals surface area contributed by atoms with Gasteiger partial charge < -0.3 is 14.5 Å². The molecule has 2 heterocycles. The van der Waals surface area contributed by atoms with Crippen LogP contribution in [0.4, 0.5) is 4.79 Å². The van der Waals surface area contributed by atoms with Gasteiger partial charge in [-0.15, -0.1) is 0 Å². The van der Waals surface area contributed by atoms with Gasteiger partial charge in [-0.3, -0.25) is 0 Å². The molecule has 0 N–H and O–H groups in total. The SMILES string of the molecule is CCN(CC1CCCO1)C(=O)N1CCCC1. The van der Waals surface area contributed by atoms with Crippen molar-refractivity contribution in [3.63, 3.8) is 0 Å². The van der Waals surface area contributed by atoms with Crippen molar-refractivity contribution in [2.45, 2.75) is 38.7 Å². The van der Waals surface area contributed by atoms with Crippen molar-refractivity contribution < 1.29 is 9.53 Å². The summed E-state index contributed by atoms with van der Waals surface area (Å²) in [7, 11) is 0. The topological polar surface area (TPSA) is 32.8 Å². The molecule has 0 aromatic rings. The number of nitrogens with zero attached hydrogens (tertiary/aromatic N) is 2. The highest BCUT2D eigenvalue weighted by atomic mass is 16.5. The van der Waals surface area contributed by atoms with Gasteiger partial charge in [0.15, 0.2) is 0 Å². The molecule has 0 aromatic heterocycles. The van der Waals surface area contributed by atoms with E-state index in [1.807, 2.05) is 16.7 Å². The number of carbonyl (C=O) groups is 1. The van der Waals surface area contributed by atoms with Crippen LogP contribution in [0.2, 0.25) is 0 Å². The van der Waals surface area contributed by atoms with Crippen molar-refractivity contribution in [3.8, 4) is 0 Å². The third-order valence-corrected chi connectivity index (χ3v) is 3.48. The molecule has 2 amide bonds. The monoisotopic (exact) mass is 226 g/mol. The van der Waals surface area contributed by atoms with Gasteiger partial charge in [0.2, 0.25) is 0 Å². The van der Waals surface area contributed by atoms with Gasteiger partial charge >= 0.3 is 6.03 Å². The Labute approximate surface area is 97.5 Å². The molecule has 4 nitrogen and oxygen atoms in total. The molecule has 0 aromatic carbocycles. The molecule has 92 valence electrons. The van der Waals surface area contributed by atoms with Crippen LogP contribution >= 0.6 is 0 Å². The maximum absolute atomic E-state index is 12.2. The fourth-order valence-electron chi connectivity index (χ4n) is 2.49. The fraction of sp³-hybridized carbons (Fsp3) is 0.917. The Morgan fingerprint density at radius 3 is 2.69 bits per heavy atom. The zero-order chi connectivity index (χ0) is 11.4. The van der Waals surface area contributed by atoms with Crippen LogP contribution in [0.5, 0.6) is 0 Å². The lowest BCUT2D eigenvalue weighted by Gasteiger charge is -2.28. The largest absolute Gasteiger partial charge is 0.376 e. The predicted molar refractivity (Wildman–Crippen MR) is 62.4 cm³/mol. The quantitative estimate of drug-likeness (QED) is 0.734. The van der Waals surface area contributed by atoms with E-state index in [4.69, 9.17) is 4.74 Å². The third-order valence-electron chi connectivity index (χ3n) is 3.48. The fourth-order valence-corrected chi connectivity index (χ4v) is 2.49. The average molecular weight is 226 g/mol. The average Bonchev–Trinajstić information content (AvgIpc) is 2.97. The smallest absolute Gasteiger partial charge is 0.320 e. The van der Waals surface area contributed by atoms with E-state index in [-0.39, 0.29) is 12.1 Å². The number of likely N-dealkylation sites (N-methyl/N-ethyl adjacent to an activating group) is 1. The minimum absolute atomic E-state index is 0.204. The van der Waals surface area contributed by atoms with Crippen molar-refractivity contribution in [1.82, 2.24) is 9.80 Å². The van der Waals surface area contributed by atoms with Gasteiger partial charge in [-0.1, -0.05) is 0 Å². The van der Waals surface area contributed by atoms with E-state index in [2.05, 4.69) is 0 Å². The highest BCUT2D eigenvalue weighted by Gasteiger charge is 2.26. The van der Waals surface area contributed by atoms with Gasteiger partial charge in [-0.05, 0) is 32.6 Å². The Morgan fingerprint density at radius 1 is 1.38 bits per heavy atom. The summed E-state index contributed by atoms with van der Waals surface area (Å²) in [5.74, 6) is 0. The zero-order valence-electron chi connectivity index (χ0n) is 10.2. The molecule has 2 aliphatic heterocycles. The second-order valence-corrected chi connectivity index (χ2v) is 4.65. The summed E-state index contributed by atoms with van der Waals surface area (Å²) in [4.78, 5) is 16.1. The van der Waals surface area contributed by atoms with Crippen LogP contribution in [0.3, 0.4) is 0 Å². The van der Waals surface area contributed by atoms with E-state index in [1.54, 1.807) is 0 Å². The first-order valence-electron chi connectivity index (χ1n) is 6.46. The number of hydrogen-bond donors (Lipinski definition) is 0. The molecule has 0 spiro atoms. The zero-order valence-corrected chi connectivity index (χ0v) is 10.2. The maximum atomic E-state index is 12.2. The van der Waals surface area contributed by atoms with Gasteiger partial charge in [-0.25, -0.2) is 4.79 Å². The highest BCUT2D eigenvalue weighted by Crippen LogP contribution is 2.16. The van der Waals surface area contributed by atoms with Crippen LogP contribution in [0, 0.1) is 0 Å². The van der Waals surface area contributed by atoms with Crippen molar-refractivity contribution in [1.29, 1.82) is 0 Å². The molecule has 16 heavy (non-hydrogen) atoms. The van der Waals surface area contributed by atoms with E-state index in [1.165, 1.54) is 0 Å². The van der Waals surface area contributed by atoms with E-state index in [0.717, 1.165) is 58.5 Å². The van der Waals surface area contributed by atoms with Crippen LogP contribution in [0.25, 0.3) is 0 Å². The summed E-state index contributed by atoms with van der Waals surface area (Å²) >= 11 is 0. The van der Waals surface area contributed by atoms with Gasteiger partial charge in [0.1, 0.15) is 0 Å². The van der Waals surface area contributed by atoms with E-state index in [9.17, 15) is 4.79 Å². The predicted octanol–water partition coefficient (Wildman–Crippen LogP) is 1.70. The normalized spacial score (nSPS) is 25.1. The summed E-state index contributed by atoms with van der Waals surface area (Å²) in [6, 6.07) is 0.204. The summed E-state index contributed by atoms with van der Waals surface area (Å²) < 4.78 is 5.59. The number of ether oxygens (including phenoxy) is 1. The summed E-state index contributed by atoms with van der Waals surface area (Å²) in [6.45, 7) is 6.33. The molecule has 2 aliphatic rings. The first-order valence-corrected chi connectivity index (χ1v) is 6.46. The molecule has 0 saturated carbocycles. The Balaban J connectivity index is 1.84. The summed E-state index contributed by atoms with van der Waals surface area (Å²) in [6.07, 6.45) is 4.82. The minimum atomic E-state index is 0.204. The van der Waals surface area contributed by atoms with Crippen LogP contribution in [0.1, 0.15) is 32.6 Å². The number of likely N-dealkylation sites (tertiary alicyclic amines) is 1. The number of amides is 2. The first kappa shape index (κ1) is 11.7. The molecular formula is C12H22N2O2. The van der Waals surface area contributed by atoms with Crippen LogP contribution in [-0.4, -0.2) is 54.7 Å². The first-order chi connectivity index (χ1) is 7.81. The lowest BCUT2D eigenvalue weighted by Crippen LogP contribution is -2.44. The number of urea groups is 1. The van der Waals surface area contributed by atoms with Gasteiger partial charge in [-0.2, -0.15) is 0 Å². The lowest BCUT2D eigenvalue weighted by atomic mass is 10.2. The number of carbonyl (C=O) groups excluding carboxylic acids is 1. The minimum Gasteiger partial charge on any atom is -0.376 e. The third kappa shape index (κ3) is 2.67. The standard InChI is InChI=1S/C12H22N2O2/c1-2-13(10-11-6-5-9-16-11)12(15)14-7-3-4-8-14/h11H,2-10H2,1H3. The van der Waals surface area contributed by atoms with E-state index < -0.39 is 0 Å². The van der Waals surface area contributed by atoms with Gasteiger partial charge in [0, 0.05) is 32.8 Å². The van der Waals surface area contributed by atoms with Crippen molar-refractivity contribution in [2.24, 2.45) is 0 Å². The number of rotatable bonds is 3. The Hall–Kier alpha value is -0.770. The van der Waals surface area contributed by atoms with Crippen LogP contribution in [0.15, 0.2) is 0 Å². The Bertz CT molecular complexity index is 233. The van der Waals surface area contributed by atoms with Crippen LogP contribution in [-0.2, 0) is 4.74 Å². The Morgan fingerprint density at radius 2 is 2.12 bits per heavy atom. The molecule has 0 bridgehead atoms. The molecule has 0 aliphatic carbocycles. The second kappa shape index (κ2) is 5.53. The lowest BCUT2D eigenvalue weighted by molar-refractivity contribution is 0.0762. The summed E-state index contributed by atoms with van der Waals surface area (Å²) in [5, 5.41) is 0. The van der Waals surface area contributed by atoms with E-state index >= 15 is 0 Å². The van der Waals surface area contributed by atoms with Crippen molar-refractivity contribution in [2.75, 3.05) is 32.8 Å². The second-order valence-electron chi connectivity index (χ2n) is 4.65. The highest BCUT2D eigenvalue weighted by molar-refractivity contribution is 5.74. The molecular weight excluding hydrogens is 204 g/mol. The molecule has 4 heteroatoms. The molecule has 1 atom stereocenters.